The highest BCUT2D eigenvalue weighted by atomic mass is 35.5. The van der Waals surface area contributed by atoms with E-state index in [-0.39, 0.29) is 5.82 Å². The summed E-state index contributed by atoms with van der Waals surface area (Å²) in [6.45, 7) is 1.79. The lowest BCUT2D eigenvalue weighted by atomic mass is 10.4. The largest absolute Gasteiger partial charge is 0.354 e. The summed E-state index contributed by atoms with van der Waals surface area (Å²) >= 11 is 5.60. The first-order valence-corrected chi connectivity index (χ1v) is 4.71. The fourth-order valence-corrected chi connectivity index (χ4v) is 1.71. The average Bonchev–Trinajstić information content (AvgIpc) is 2.56. The summed E-state index contributed by atoms with van der Waals surface area (Å²) in [6, 6.07) is 1.31. The fourth-order valence-electron chi connectivity index (χ4n) is 1.57. The topological polar surface area (TPSA) is 16.1 Å². The maximum absolute atomic E-state index is 13.3. The second-order valence-electron chi connectivity index (χ2n) is 3.15. The molecule has 2 heterocycles. The van der Waals surface area contributed by atoms with Crippen LogP contribution in [0.2, 0.25) is 5.02 Å². The highest BCUT2D eigenvalue weighted by molar-refractivity contribution is 6.30. The molecule has 0 atom stereocenters. The van der Waals surface area contributed by atoms with Gasteiger partial charge in [0.05, 0.1) is 5.02 Å². The summed E-state index contributed by atoms with van der Waals surface area (Å²) < 4.78 is 13.3. The highest BCUT2D eigenvalue weighted by Crippen LogP contribution is 2.22. The van der Waals surface area contributed by atoms with Crippen LogP contribution in [-0.2, 0) is 0 Å². The van der Waals surface area contributed by atoms with Crippen molar-refractivity contribution >= 4 is 17.4 Å². The molecule has 0 unspecified atom stereocenters. The molecule has 0 bridgehead atoms. The smallest absolute Gasteiger partial charge is 0.167 e. The lowest BCUT2D eigenvalue weighted by Gasteiger charge is -2.16. The normalized spacial score (nSPS) is 16.6. The van der Waals surface area contributed by atoms with Crippen LogP contribution in [0.4, 0.5) is 10.2 Å². The first-order valence-electron chi connectivity index (χ1n) is 4.33. The summed E-state index contributed by atoms with van der Waals surface area (Å²) in [6.07, 6.45) is 3.71. The number of aromatic nitrogens is 1. The van der Waals surface area contributed by atoms with Crippen molar-refractivity contribution in [1.29, 1.82) is 0 Å². The van der Waals surface area contributed by atoms with Gasteiger partial charge in [-0.05, 0) is 18.9 Å². The molecule has 1 aromatic rings. The van der Waals surface area contributed by atoms with E-state index in [0.29, 0.717) is 10.8 Å². The van der Waals surface area contributed by atoms with Gasteiger partial charge in [-0.25, -0.2) is 9.37 Å². The fraction of sp³-hybridized carbons (Fsp3) is 0.444. The van der Waals surface area contributed by atoms with Crippen molar-refractivity contribution in [1.82, 2.24) is 4.98 Å². The SMILES string of the molecule is Fc1cc(Cl)cnc1N1CCCC1. The van der Waals surface area contributed by atoms with Gasteiger partial charge in [0.25, 0.3) is 0 Å². The second kappa shape index (κ2) is 3.50. The third-order valence-corrected chi connectivity index (χ3v) is 2.40. The molecule has 70 valence electrons. The molecule has 0 amide bonds. The standard InChI is InChI=1S/C9H10ClFN2/c10-7-5-8(11)9(12-6-7)13-3-1-2-4-13/h5-6H,1-4H2. The van der Waals surface area contributed by atoms with Gasteiger partial charge >= 0.3 is 0 Å². The van der Waals surface area contributed by atoms with Crippen LogP contribution in [0.5, 0.6) is 0 Å². The Morgan fingerprint density at radius 2 is 2.08 bits per heavy atom. The Balaban J connectivity index is 2.29. The van der Waals surface area contributed by atoms with Gasteiger partial charge in [0.2, 0.25) is 0 Å². The molecule has 0 N–H and O–H groups in total. The molecule has 1 aliphatic heterocycles. The van der Waals surface area contributed by atoms with Crippen molar-refractivity contribution in [2.45, 2.75) is 12.8 Å². The van der Waals surface area contributed by atoms with Gasteiger partial charge in [0.1, 0.15) is 0 Å². The van der Waals surface area contributed by atoms with E-state index in [9.17, 15) is 4.39 Å². The van der Waals surface area contributed by atoms with Crippen molar-refractivity contribution in [2.24, 2.45) is 0 Å². The second-order valence-corrected chi connectivity index (χ2v) is 3.59. The summed E-state index contributed by atoms with van der Waals surface area (Å²) in [5.41, 5.74) is 0. The molecule has 1 fully saturated rings. The Labute approximate surface area is 81.3 Å². The molecule has 4 heteroatoms. The average molecular weight is 201 g/mol. The minimum absolute atomic E-state index is 0.325. The molecule has 1 aromatic heterocycles. The molecule has 1 aliphatic rings. The van der Waals surface area contributed by atoms with Gasteiger partial charge in [-0.1, -0.05) is 11.6 Å². The van der Waals surface area contributed by atoms with Crippen molar-refractivity contribution in [3.05, 3.63) is 23.1 Å². The Morgan fingerprint density at radius 3 is 2.69 bits per heavy atom. The zero-order valence-corrected chi connectivity index (χ0v) is 7.89. The monoisotopic (exact) mass is 200 g/mol. The van der Waals surface area contributed by atoms with E-state index in [4.69, 9.17) is 11.6 Å². The Bertz CT molecular complexity index is 310. The summed E-state index contributed by atoms with van der Waals surface area (Å²) in [4.78, 5) is 5.93. The number of rotatable bonds is 1. The maximum Gasteiger partial charge on any atom is 0.167 e. The summed E-state index contributed by atoms with van der Waals surface area (Å²) in [7, 11) is 0. The third kappa shape index (κ3) is 1.75. The van der Waals surface area contributed by atoms with Crippen molar-refractivity contribution in [3.63, 3.8) is 0 Å². The van der Waals surface area contributed by atoms with Crippen LogP contribution >= 0.6 is 11.6 Å². The van der Waals surface area contributed by atoms with Crippen LogP contribution in [-0.4, -0.2) is 18.1 Å². The number of halogens is 2. The first kappa shape index (κ1) is 8.75. The van der Waals surface area contributed by atoms with Crippen LogP contribution in [0, 0.1) is 5.82 Å². The van der Waals surface area contributed by atoms with Gasteiger partial charge in [0.15, 0.2) is 11.6 Å². The Kier molecular flexibility index (Phi) is 2.36. The minimum Gasteiger partial charge on any atom is -0.354 e. The molecule has 2 nitrogen and oxygen atoms in total. The number of hydrogen-bond acceptors (Lipinski definition) is 2. The minimum atomic E-state index is -0.325. The Morgan fingerprint density at radius 1 is 1.38 bits per heavy atom. The molecule has 13 heavy (non-hydrogen) atoms. The first-order chi connectivity index (χ1) is 6.27. The quantitative estimate of drug-likeness (QED) is 0.693. The predicted molar refractivity (Wildman–Crippen MR) is 50.7 cm³/mol. The van der Waals surface area contributed by atoms with Crippen LogP contribution in [0.3, 0.4) is 0 Å². The molecule has 0 radical (unpaired) electrons. The van der Waals surface area contributed by atoms with E-state index in [0.717, 1.165) is 25.9 Å². The predicted octanol–water partition coefficient (Wildman–Crippen LogP) is 2.47. The molecule has 0 aliphatic carbocycles. The van der Waals surface area contributed by atoms with E-state index in [2.05, 4.69) is 4.98 Å². The zero-order valence-electron chi connectivity index (χ0n) is 7.13. The van der Waals surface area contributed by atoms with Crippen molar-refractivity contribution in [3.8, 4) is 0 Å². The van der Waals surface area contributed by atoms with Gasteiger partial charge in [-0.2, -0.15) is 0 Å². The number of nitrogens with zero attached hydrogens (tertiary/aromatic N) is 2. The van der Waals surface area contributed by atoms with Crippen molar-refractivity contribution < 1.29 is 4.39 Å². The van der Waals surface area contributed by atoms with E-state index >= 15 is 0 Å². The maximum atomic E-state index is 13.3. The van der Waals surface area contributed by atoms with E-state index in [1.807, 2.05) is 4.90 Å². The molecular formula is C9H10ClFN2. The van der Waals surface area contributed by atoms with Crippen LogP contribution in [0.15, 0.2) is 12.3 Å². The molecule has 0 aromatic carbocycles. The number of anilines is 1. The van der Waals surface area contributed by atoms with Gasteiger partial charge in [-0.3, -0.25) is 0 Å². The summed E-state index contributed by atoms with van der Waals surface area (Å²) in [5, 5.41) is 0.348. The lowest BCUT2D eigenvalue weighted by molar-refractivity contribution is 0.616. The van der Waals surface area contributed by atoms with Crippen LogP contribution in [0.25, 0.3) is 0 Å². The van der Waals surface area contributed by atoms with Crippen molar-refractivity contribution in [2.75, 3.05) is 18.0 Å². The summed E-state index contributed by atoms with van der Waals surface area (Å²) in [5.74, 6) is 0.108. The molecular weight excluding hydrogens is 191 g/mol. The zero-order chi connectivity index (χ0) is 9.26. The van der Waals surface area contributed by atoms with Gasteiger partial charge in [-0.15, -0.1) is 0 Å². The number of hydrogen-bond donors (Lipinski definition) is 0. The van der Waals surface area contributed by atoms with Crippen LogP contribution in [0.1, 0.15) is 12.8 Å². The Hall–Kier alpha value is -0.830. The lowest BCUT2D eigenvalue weighted by Crippen LogP contribution is -2.20. The molecule has 0 saturated carbocycles. The van der Waals surface area contributed by atoms with E-state index in [1.54, 1.807) is 0 Å². The highest BCUT2D eigenvalue weighted by Gasteiger charge is 2.17. The van der Waals surface area contributed by atoms with E-state index < -0.39 is 0 Å². The molecule has 1 saturated heterocycles. The molecule has 2 rings (SSSR count). The van der Waals surface area contributed by atoms with E-state index in [1.165, 1.54) is 12.3 Å². The van der Waals surface area contributed by atoms with Gasteiger partial charge in [0, 0.05) is 19.3 Å². The van der Waals surface area contributed by atoms with Gasteiger partial charge < -0.3 is 4.90 Å². The third-order valence-electron chi connectivity index (χ3n) is 2.19. The van der Waals surface area contributed by atoms with Crippen LogP contribution < -0.4 is 4.90 Å². The number of pyridine rings is 1. The molecule has 0 spiro atoms.